The maximum Gasteiger partial charge on any atom is 0.273 e. The Morgan fingerprint density at radius 3 is 1.63 bits per heavy atom. The van der Waals surface area contributed by atoms with Crippen molar-refractivity contribution < 1.29 is 85.5 Å². The Balaban J connectivity index is 0.000000155. The second-order valence-corrected chi connectivity index (χ2v) is 27.8. The summed E-state index contributed by atoms with van der Waals surface area (Å²) in [6.45, 7) is 12.6. The van der Waals surface area contributed by atoms with Gasteiger partial charge in [0.2, 0.25) is 33.1 Å². The zero-order valence-corrected chi connectivity index (χ0v) is 43.5. The van der Waals surface area contributed by atoms with E-state index in [0.29, 0.717) is 56.2 Å². The summed E-state index contributed by atoms with van der Waals surface area (Å²) in [5.74, 6) is 0.440. The van der Waals surface area contributed by atoms with E-state index in [1.807, 2.05) is 6.92 Å². The summed E-state index contributed by atoms with van der Waals surface area (Å²) in [6.07, 6.45) is 2.13. The molecule has 70 heavy (non-hydrogen) atoms. The summed E-state index contributed by atoms with van der Waals surface area (Å²) in [5, 5.41) is 6.08. The van der Waals surface area contributed by atoms with Gasteiger partial charge in [0.05, 0.1) is 28.8 Å². The van der Waals surface area contributed by atoms with Gasteiger partial charge < -0.3 is 34.9 Å². The van der Waals surface area contributed by atoms with Crippen molar-refractivity contribution in [3.63, 3.8) is 0 Å². The molecule has 3 amide bonds. The van der Waals surface area contributed by atoms with Gasteiger partial charge in [0.25, 0.3) is 30.4 Å². The Kier molecular flexibility index (Phi) is 18.2. The van der Waals surface area contributed by atoms with E-state index in [-0.39, 0.29) is 93.0 Å². The van der Waals surface area contributed by atoms with Crippen molar-refractivity contribution in [1.82, 2.24) is 16.0 Å². The van der Waals surface area contributed by atoms with Crippen LogP contribution in [0.1, 0.15) is 32.6 Å². The Bertz CT molecular complexity index is 2320. The Morgan fingerprint density at radius 2 is 1.09 bits per heavy atom. The van der Waals surface area contributed by atoms with E-state index in [1.54, 1.807) is 11.8 Å². The smallest absolute Gasteiger partial charge is 0.273 e. The highest BCUT2D eigenvalue weighted by Gasteiger charge is 2.70. The summed E-state index contributed by atoms with van der Waals surface area (Å²) in [6, 6.07) is 0. The first-order valence-electron chi connectivity index (χ1n) is 22.2. The molecule has 9 aliphatic rings. The Morgan fingerprint density at radius 1 is 0.614 bits per heavy atom. The van der Waals surface area contributed by atoms with Crippen molar-refractivity contribution in [2.75, 3.05) is 56.7 Å². The molecule has 15 atom stereocenters. The third kappa shape index (κ3) is 12.4. The minimum atomic E-state index is -3.58. The van der Waals surface area contributed by atoms with E-state index in [0.717, 1.165) is 41.7 Å². The third-order valence-electron chi connectivity index (χ3n) is 13.2. The predicted molar refractivity (Wildman–Crippen MR) is 258 cm³/mol. The average molecular weight is 1120 g/mol. The molecule has 2 aliphatic carbocycles. The van der Waals surface area contributed by atoms with Crippen LogP contribution in [0.5, 0.6) is 0 Å². The minimum Gasteiger partial charge on any atom is -0.368 e. The fourth-order valence-electron chi connectivity index (χ4n) is 10.2. The van der Waals surface area contributed by atoms with E-state index in [4.69, 9.17) is 31.5 Å². The molecule has 15 unspecified atom stereocenters. The number of nitrogens with one attached hydrogen (secondary N) is 3. The van der Waals surface area contributed by atoms with E-state index in [1.165, 1.54) is 18.2 Å². The molecular formula is C41H55N3O19S7. The fraction of sp³-hybridized carbons (Fsp3) is 0.707. The minimum absolute atomic E-state index is 0.0191. The number of fused-ring (bicyclic) bond motifs is 3. The van der Waals surface area contributed by atoms with Gasteiger partial charge in [-0.05, 0) is 49.3 Å². The quantitative estimate of drug-likeness (QED) is 0.0747. The molecule has 7 heterocycles. The molecule has 9 fully saturated rings. The summed E-state index contributed by atoms with van der Waals surface area (Å²) in [4.78, 5) is 68.3. The first kappa shape index (κ1) is 55.4. The molecule has 0 aromatic rings. The Labute approximate surface area is 423 Å². The van der Waals surface area contributed by atoms with Gasteiger partial charge in [0.1, 0.15) is 60.8 Å². The third-order valence-corrected chi connectivity index (χ3v) is 22.8. The highest BCUT2D eigenvalue weighted by Crippen LogP contribution is 2.62. The highest BCUT2D eigenvalue weighted by molar-refractivity contribution is 8.14. The van der Waals surface area contributed by atoms with E-state index >= 15 is 0 Å². The molecule has 6 bridgehead atoms. The summed E-state index contributed by atoms with van der Waals surface area (Å²) >= 11 is 4.81. The first-order chi connectivity index (χ1) is 33.1. The van der Waals surface area contributed by atoms with Crippen molar-refractivity contribution in [1.29, 1.82) is 0 Å². The van der Waals surface area contributed by atoms with Crippen LogP contribution in [0.15, 0.2) is 38.0 Å². The van der Waals surface area contributed by atoms with Crippen molar-refractivity contribution in [3.05, 3.63) is 38.0 Å². The monoisotopic (exact) mass is 1120 g/mol. The van der Waals surface area contributed by atoms with Crippen LogP contribution in [0, 0.1) is 11.3 Å². The maximum absolute atomic E-state index is 12.0. The largest absolute Gasteiger partial charge is 0.368 e. The van der Waals surface area contributed by atoms with Gasteiger partial charge in [-0.3, -0.25) is 41.3 Å². The lowest BCUT2D eigenvalue weighted by Gasteiger charge is -2.32. The van der Waals surface area contributed by atoms with Gasteiger partial charge in [0.15, 0.2) is 0 Å². The lowest BCUT2D eigenvalue weighted by molar-refractivity contribution is -0.134. The van der Waals surface area contributed by atoms with Crippen molar-refractivity contribution >= 4 is 110 Å². The standard InChI is InChI=1S/C15H21NO6S2.C13H17NO7S2.C13H17NO6S3/c1-3-12(18)23-5-4-16-11(17)8-21-14-13-9-6-15(14,2)7-10(9)24(19,20)22-13;1-2-10(16)22-4-3-14-9(15)6-19-11-7-5-8-12(20-7)13(11)21-23(8,17)18;1-2-10(16)21-4-3-14-9(15)6-19-11-7-5-8-13(22-7)12(11)20-23(8,17)18/h3,9-10,13-14H,1,4-8H2,2H3,(H,16,17);2*2,7-8,11-13H,1,3-6H2,(H,14,15). The number of amides is 3. The van der Waals surface area contributed by atoms with Crippen LogP contribution in [0.3, 0.4) is 0 Å². The molecule has 0 spiro atoms. The molecule has 0 radical (unpaired) electrons. The van der Waals surface area contributed by atoms with Crippen LogP contribution in [0.4, 0.5) is 0 Å². The highest BCUT2D eigenvalue weighted by atomic mass is 32.2. The molecule has 3 N–H and O–H groups in total. The number of rotatable bonds is 21. The van der Waals surface area contributed by atoms with Gasteiger partial charge in [0, 0.05) is 48.1 Å². The molecular weight excluding hydrogens is 1060 g/mol. The van der Waals surface area contributed by atoms with Crippen LogP contribution in [0.2, 0.25) is 0 Å². The summed E-state index contributed by atoms with van der Waals surface area (Å²) < 4.78 is 109. The molecule has 22 nitrogen and oxygen atoms in total. The number of hydrogen-bond donors (Lipinski definition) is 3. The predicted octanol–water partition coefficient (Wildman–Crippen LogP) is -0.419. The lowest BCUT2D eigenvalue weighted by Crippen LogP contribution is -2.43. The second kappa shape index (κ2) is 23.0. The molecule has 7 aliphatic heterocycles. The normalized spacial score (nSPS) is 36.8. The van der Waals surface area contributed by atoms with Crippen molar-refractivity contribution in [2.45, 2.75) is 108 Å². The fourth-order valence-corrected chi connectivity index (χ4v) is 19.6. The van der Waals surface area contributed by atoms with Crippen LogP contribution < -0.4 is 16.0 Å². The molecule has 0 aromatic heterocycles. The number of hydrogen-bond acceptors (Lipinski definition) is 23. The van der Waals surface area contributed by atoms with Gasteiger partial charge in [-0.1, -0.05) is 61.9 Å². The van der Waals surface area contributed by atoms with Crippen molar-refractivity contribution in [2.24, 2.45) is 11.3 Å². The number of carbonyl (C=O) groups is 6. The number of ether oxygens (including phenoxy) is 4. The molecule has 390 valence electrons. The van der Waals surface area contributed by atoms with Crippen molar-refractivity contribution in [3.8, 4) is 0 Å². The molecule has 0 aromatic carbocycles. The van der Waals surface area contributed by atoms with Gasteiger partial charge in [-0.25, -0.2) is 0 Å². The lowest BCUT2D eigenvalue weighted by atomic mass is 9.82. The molecule has 9 rings (SSSR count). The summed E-state index contributed by atoms with van der Waals surface area (Å²) in [7, 11) is -10.5. The zero-order chi connectivity index (χ0) is 50.8. The van der Waals surface area contributed by atoms with Crippen LogP contribution in [-0.4, -0.2) is 190 Å². The van der Waals surface area contributed by atoms with Crippen LogP contribution in [-0.2, 0) is 90.6 Å². The van der Waals surface area contributed by atoms with Gasteiger partial charge in [-0.15, -0.1) is 11.8 Å². The SMILES string of the molecule is C=CC(=O)SCCNC(=O)COC1C2CC3C(O2)C1OS3(=O)=O.C=CC(=O)SCCNC(=O)COC1C2CC3C(S2)C1OS3(=O)=O.C=CC(=O)SCCNC(=O)COC1C2OS(=O)(=O)C3CC1(C)CC23. The first-order valence-corrected chi connectivity index (χ1v) is 30.5. The van der Waals surface area contributed by atoms with E-state index in [9.17, 15) is 54.0 Å². The summed E-state index contributed by atoms with van der Waals surface area (Å²) in [5.41, 5.74) is -0.254. The second-order valence-electron chi connectivity index (χ2n) is 17.7. The topological polar surface area (TPSA) is 306 Å². The zero-order valence-electron chi connectivity index (χ0n) is 37.7. The molecule has 2 saturated carbocycles. The number of thioether (sulfide) groups is 4. The Hall–Kier alpha value is -2.39. The maximum atomic E-state index is 12.0. The average Bonchev–Trinajstić information content (AvgIpc) is 4.20. The van der Waals surface area contributed by atoms with Crippen LogP contribution >= 0.6 is 47.0 Å². The van der Waals surface area contributed by atoms with Crippen LogP contribution in [0.25, 0.3) is 0 Å². The van der Waals surface area contributed by atoms with Gasteiger partial charge in [-0.2, -0.15) is 25.3 Å². The molecule has 7 saturated heterocycles. The number of carbonyl (C=O) groups excluding carboxylic acids is 6. The van der Waals surface area contributed by atoms with E-state index < -0.39 is 76.6 Å². The van der Waals surface area contributed by atoms with E-state index in [2.05, 4.69) is 35.7 Å². The van der Waals surface area contributed by atoms with Gasteiger partial charge >= 0.3 is 0 Å². The molecule has 29 heteroatoms.